The van der Waals surface area contributed by atoms with Crippen molar-refractivity contribution in [2.45, 2.75) is 51.4 Å². The van der Waals surface area contributed by atoms with Gasteiger partial charge >= 0.3 is 0 Å². The van der Waals surface area contributed by atoms with Crippen molar-refractivity contribution in [1.82, 2.24) is 25.0 Å². The second-order valence-corrected chi connectivity index (χ2v) is 9.85. The molecule has 0 unspecified atom stereocenters. The van der Waals surface area contributed by atoms with Gasteiger partial charge in [0, 0.05) is 27.1 Å². The maximum Gasteiger partial charge on any atom is 0.201 e. The van der Waals surface area contributed by atoms with Crippen molar-refractivity contribution in [3.63, 3.8) is 0 Å². The summed E-state index contributed by atoms with van der Waals surface area (Å²) in [7, 11) is 0. The first-order valence-corrected chi connectivity index (χ1v) is 12.4. The largest absolute Gasteiger partial charge is 0.262 e. The van der Waals surface area contributed by atoms with Gasteiger partial charge in [-0.05, 0) is 50.1 Å². The average Bonchev–Trinajstić information content (AvgIpc) is 3.30. The highest BCUT2D eigenvalue weighted by Gasteiger charge is 2.24. The Balaban J connectivity index is 1.63. The van der Waals surface area contributed by atoms with Crippen molar-refractivity contribution in [2.24, 2.45) is 0 Å². The normalized spacial score (nSPS) is 15.0. The molecule has 33 heavy (non-hydrogen) atoms. The van der Waals surface area contributed by atoms with Crippen molar-refractivity contribution in [3.05, 3.63) is 68.9 Å². The summed E-state index contributed by atoms with van der Waals surface area (Å²) in [6.07, 6.45) is 7.38. The highest BCUT2D eigenvalue weighted by molar-refractivity contribution is 6.35. The van der Waals surface area contributed by atoms with E-state index in [9.17, 15) is 0 Å². The van der Waals surface area contributed by atoms with Crippen LogP contribution in [0.1, 0.15) is 55.8 Å². The quantitative estimate of drug-likeness (QED) is 0.288. The molecule has 170 valence electrons. The van der Waals surface area contributed by atoms with E-state index in [-0.39, 0.29) is 0 Å². The van der Waals surface area contributed by atoms with E-state index in [0.717, 1.165) is 46.9 Å². The zero-order valence-electron chi connectivity index (χ0n) is 18.3. The molecular weight excluding hydrogens is 477 g/mol. The summed E-state index contributed by atoms with van der Waals surface area (Å²) >= 11 is 18.9. The summed E-state index contributed by atoms with van der Waals surface area (Å²) in [5, 5.41) is 14.4. The summed E-state index contributed by atoms with van der Waals surface area (Å²) in [6.45, 7) is 2.04. The number of nitrogens with one attached hydrogen (secondary N) is 1. The van der Waals surface area contributed by atoms with E-state index in [1.165, 1.54) is 25.7 Å². The molecule has 1 aliphatic rings. The molecule has 5 rings (SSSR count). The third kappa shape index (κ3) is 4.54. The minimum absolute atomic E-state index is 0.428. The molecule has 0 radical (unpaired) electrons. The van der Waals surface area contributed by atoms with Gasteiger partial charge in [0.25, 0.3) is 0 Å². The van der Waals surface area contributed by atoms with Gasteiger partial charge in [0.05, 0.1) is 16.4 Å². The van der Waals surface area contributed by atoms with Crippen LogP contribution >= 0.6 is 34.8 Å². The minimum Gasteiger partial charge on any atom is -0.262 e. The van der Waals surface area contributed by atoms with Gasteiger partial charge in [-0.2, -0.15) is 10.2 Å². The fraction of sp³-hybridized carbons (Fsp3) is 0.320. The first kappa shape index (κ1) is 22.5. The minimum atomic E-state index is 0.428. The van der Waals surface area contributed by atoms with E-state index in [1.807, 2.05) is 48.0 Å². The van der Waals surface area contributed by atoms with Crippen molar-refractivity contribution in [3.8, 4) is 28.5 Å². The number of nitrogens with zero attached hydrogens (tertiary/aromatic N) is 4. The Morgan fingerprint density at radius 1 is 0.909 bits per heavy atom. The number of benzene rings is 2. The Kier molecular flexibility index (Phi) is 6.46. The molecule has 0 atom stereocenters. The van der Waals surface area contributed by atoms with Crippen LogP contribution in [0.5, 0.6) is 0 Å². The zero-order valence-corrected chi connectivity index (χ0v) is 20.6. The molecule has 1 saturated carbocycles. The van der Waals surface area contributed by atoms with Gasteiger partial charge in [-0.1, -0.05) is 72.6 Å². The van der Waals surface area contributed by atoms with E-state index < -0.39 is 0 Å². The molecule has 1 aliphatic carbocycles. The predicted molar refractivity (Wildman–Crippen MR) is 135 cm³/mol. The van der Waals surface area contributed by atoms with Gasteiger partial charge in [0.2, 0.25) is 5.82 Å². The van der Waals surface area contributed by atoms with Gasteiger partial charge in [-0.25, -0.2) is 9.67 Å². The van der Waals surface area contributed by atoms with Gasteiger partial charge in [0.1, 0.15) is 11.5 Å². The number of halogens is 3. The lowest BCUT2D eigenvalue weighted by molar-refractivity contribution is 0.563. The summed E-state index contributed by atoms with van der Waals surface area (Å²) in [6, 6.07) is 13.1. The van der Waals surface area contributed by atoms with Crippen LogP contribution in [0.4, 0.5) is 0 Å². The SMILES string of the molecule is Cc1c(-c2n[nH]c(C3CCCCCC3)n2)nn(-c2ccc(Cl)cc2Cl)c1-c1ccc(Cl)cc1. The average molecular weight is 501 g/mol. The Morgan fingerprint density at radius 2 is 1.61 bits per heavy atom. The lowest BCUT2D eigenvalue weighted by atomic mass is 10.00. The fourth-order valence-electron chi connectivity index (χ4n) is 4.60. The molecule has 0 spiro atoms. The standard InChI is InChI=1S/C25H24Cl3N5/c1-15-22(25-29-24(30-31-25)17-6-4-2-3-5-7-17)32-33(21-13-12-19(27)14-20(21)28)23(15)16-8-10-18(26)11-9-16/h8-14,17H,2-7H2,1H3,(H,29,30,31). The Labute approximate surface area is 208 Å². The van der Waals surface area contributed by atoms with Crippen LogP contribution in [0.25, 0.3) is 28.5 Å². The van der Waals surface area contributed by atoms with Crippen LogP contribution in [-0.2, 0) is 0 Å². The summed E-state index contributed by atoms with van der Waals surface area (Å²) in [4.78, 5) is 4.88. The molecule has 2 aromatic carbocycles. The smallest absolute Gasteiger partial charge is 0.201 e. The summed E-state index contributed by atoms with van der Waals surface area (Å²) < 4.78 is 1.84. The van der Waals surface area contributed by atoms with Crippen LogP contribution in [-0.4, -0.2) is 25.0 Å². The summed E-state index contributed by atoms with van der Waals surface area (Å²) in [5.74, 6) is 1.99. The maximum atomic E-state index is 6.57. The fourth-order valence-corrected chi connectivity index (χ4v) is 5.21. The number of H-pyrrole nitrogens is 1. The van der Waals surface area contributed by atoms with Crippen molar-refractivity contribution < 1.29 is 0 Å². The third-order valence-electron chi connectivity index (χ3n) is 6.33. The van der Waals surface area contributed by atoms with Gasteiger partial charge < -0.3 is 0 Å². The molecule has 5 nitrogen and oxygen atoms in total. The molecule has 2 heterocycles. The van der Waals surface area contributed by atoms with Gasteiger partial charge in [-0.15, -0.1) is 0 Å². The molecule has 0 amide bonds. The van der Waals surface area contributed by atoms with Crippen LogP contribution < -0.4 is 0 Å². The molecule has 0 aliphatic heterocycles. The lowest BCUT2D eigenvalue weighted by Crippen LogP contribution is -2.01. The van der Waals surface area contributed by atoms with E-state index in [2.05, 4.69) is 10.2 Å². The molecule has 8 heteroatoms. The number of hydrogen-bond acceptors (Lipinski definition) is 3. The van der Waals surface area contributed by atoms with Gasteiger partial charge in [-0.3, -0.25) is 5.10 Å². The first-order chi connectivity index (χ1) is 16.0. The molecule has 2 aromatic heterocycles. The van der Waals surface area contributed by atoms with Crippen molar-refractivity contribution in [2.75, 3.05) is 0 Å². The van der Waals surface area contributed by atoms with E-state index in [4.69, 9.17) is 44.9 Å². The number of aromatic nitrogens is 5. The van der Waals surface area contributed by atoms with Crippen LogP contribution in [0.3, 0.4) is 0 Å². The van der Waals surface area contributed by atoms with Crippen molar-refractivity contribution >= 4 is 34.8 Å². The van der Waals surface area contributed by atoms with E-state index in [0.29, 0.717) is 26.8 Å². The Morgan fingerprint density at radius 3 is 2.30 bits per heavy atom. The van der Waals surface area contributed by atoms with Crippen LogP contribution in [0, 0.1) is 6.92 Å². The van der Waals surface area contributed by atoms with E-state index in [1.54, 1.807) is 6.07 Å². The number of aromatic amines is 1. The lowest BCUT2D eigenvalue weighted by Gasteiger charge is -2.11. The third-order valence-corrected chi connectivity index (χ3v) is 7.12. The van der Waals surface area contributed by atoms with Crippen LogP contribution in [0.2, 0.25) is 15.1 Å². The maximum absolute atomic E-state index is 6.57. The number of rotatable bonds is 4. The Bertz CT molecular complexity index is 1270. The predicted octanol–water partition coefficient (Wildman–Crippen LogP) is 8.03. The first-order valence-electron chi connectivity index (χ1n) is 11.2. The zero-order chi connectivity index (χ0) is 22.9. The number of hydrogen-bond donors (Lipinski definition) is 1. The molecule has 0 saturated heterocycles. The second kappa shape index (κ2) is 9.49. The van der Waals surface area contributed by atoms with Crippen LogP contribution in [0.15, 0.2) is 42.5 Å². The highest BCUT2D eigenvalue weighted by atomic mass is 35.5. The molecule has 1 N–H and O–H groups in total. The molecule has 4 aromatic rings. The van der Waals surface area contributed by atoms with Gasteiger partial charge in [0.15, 0.2) is 0 Å². The molecular formula is C25H24Cl3N5. The summed E-state index contributed by atoms with van der Waals surface area (Å²) in [5.41, 5.74) is 4.31. The second-order valence-electron chi connectivity index (χ2n) is 8.57. The highest BCUT2D eigenvalue weighted by Crippen LogP contribution is 2.36. The Hall–Kier alpha value is -2.34. The monoisotopic (exact) mass is 499 g/mol. The van der Waals surface area contributed by atoms with E-state index >= 15 is 0 Å². The topological polar surface area (TPSA) is 59.4 Å². The molecule has 0 bridgehead atoms. The molecule has 1 fully saturated rings. The van der Waals surface area contributed by atoms with Crippen molar-refractivity contribution in [1.29, 1.82) is 0 Å².